The summed E-state index contributed by atoms with van der Waals surface area (Å²) in [5, 5.41) is 3.30. The molecule has 1 heterocycles. The van der Waals surface area contributed by atoms with Crippen molar-refractivity contribution in [3.05, 3.63) is 45.1 Å². The highest BCUT2D eigenvalue weighted by atomic mass is 79.9. The van der Waals surface area contributed by atoms with Crippen LogP contribution in [0.2, 0.25) is 0 Å². The van der Waals surface area contributed by atoms with Crippen molar-refractivity contribution in [3.8, 4) is 0 Å². The van der Waals surface area contributed by atoms with Gasteiger partial charge in [-0.15, -0.1) is 11.3 Å². The largest absolute Gasteiger partial charge is 0.385 e. The summed E-state index contributed by atoms with van der Waals surface area (Å²) in [5.74, 6) is 0.132. The summed E-state index contributed by atoms with van der Waals surface area (Å²) in [5.41, 5.74) is 0.940. The predicted octanol–water partition coefficient (Wildman–Crippen LogP) is 3.96. The van der Waals surface area contributed by atoms with Crippen LogP contribution in [-0.2, 0) is 16.3 Å². The van der Waals surface area contributed by atoms with E-state index in [0.29, 0.717) is 4.90 Å². The minimum atomic E-state index is -3.11. The van der Waals surface area contributed by atoms with Gasteiger partial charge in [-0.2, -0.15) is 0 Å². The van der Waals surface area contributed by atoms with Crippen molar-refractivity contribution in [2.45, 2.75) is 18.2 Å². The fourth-order valence-electron chi connectivity index (χ4n) is 1.76. The van der Waals surface area contributed by atoms with E-state index in [9.17, 15) is 8.42 Å². The van der Waals surface area contributed by atoms with Gasteiger partial charge in [0.1, 0.15) is 0 Å². The summed E-state index contributed by atoms with van der Waals surface area (Å²) < 4.78 is 24.5. The first-order valence-electron chi connectivity index (χ1n) is 6.32. The van der Waals surface area contributed by atoms with Crippen LogP contribution in [0, 0.1) is 0 Å². The molecule has 1 N–H and O–H groups in total. The molecule has 6 heteroatoms. The predicted molar refractivity (Wildman–Crippen MR) is 88.4 cm³/mol. The first kappa shape index (κ1) is 15.5. The summed E-state index contributed by atoms with van der Waals surface area (Å²) in [6.07, 6.45) is 0.950. The molecule has 0 saturated heterocycles. The summed E-state index contributed by atoms with van der Waals surface area (Å²) in [7, 11) is -3.11. The van der Waals surface area contributed by atoms with Crippen LogP contribution in [0.5, 0.6) is 0 Å². The van der Waals surface area contributed by atoms with Gasteiger partial charge < -0.3 is 5.32 Å². The Bertz CT molecular complexity index is 663. The number of benzene rings is 1. The molecule has 0 aliphatic carbocycles. The Labute approximate surface area is 132 Å². The molecule has 1 aromatic heterocycles. The smallest absolute Gasteiger partial charge is 0.178 e. The molecule has 0 spiro atoms. The van der Waals surface area contributed by atoms with Gasteiger partial charge in [0, 0.05) is 17.1 Å². The Kier molecular flexibility index (Phi) is 5.23. The molecule has 3 nitrogen and oxygen atoms in total. The zero-order chi connectivity index (χ0) is 14.6. The average Bonchev–Trinajstić information content (AvgIpc) is 2.85. The minimum absolute atomic E-state index is 0.132. The lowest BCUT2D eigenvalue weighted by atomic mass is 10.3. The fraction of sp³-hybridized carbons (Fsp3) is 0.286. The van der Waals surface area contributed by atoms with Crippen LogP contribution in [0.15, 0.2) is 45.1 Å². The number of hydrogen-bond acceptors (Lipinski definition) is 4. The lowest BCUT2D eigenvalue weighted by molar-refractivity contribution is 0.597. The fourth-order valence-corrected chi connectivity index (χ4v) is 4.13. The number of rotatable bonds is 6. The highest BCUT2D eigenvalue weighted by Gasteiger charge is 2.10. The molecule has 0 bridgehead atoms. The molecule has 0 aliphatic heterocycles. The Morgan fingerprint density at radius 2 is 1.85 bits per heavy atom. The van der Waals surface area contributed by atoms with Crippen molar-refractivity contribution in [3.63, 3.8) is 0 Å². The molecule has 2 rings (SSSR count). The van der Waals surface area contributed by atoms with E-state index in [4.69, 9.17) is 0 Å². The number of anilines is 1. The SMILES string of the molecule is CCS(=O)(=O)c1ccc(NCCc2ccc(Br)s2)cc1. The molecule has 0 aliphatic rings. The zero-order valence-corrected chi connectivity index (χ0v) is 14.3. The van der Waals surface area contributed by atoms with Gasteiger partial charge in [0.05, 0.1) is 14.4 Å². The Balaban J connectivity index is 1.91. The Morgan fingerprint density at radius 3 is 2.40 bits per heavy atom. The first-order valence-corrected chi connectivity index (χ1v) is 9.58. The van der Waals surface area contributed by atoms with Crippen LogP contribution < -0.4 is 5.32 Å². The third-order valence-electron chi connectivity index (χ3n) is 2.92. The van der Waals surface area contributed by atoms with Crippen molar-refractivity contribution in [2.24, 2.45) is 0 Å². The first-order chi connectivity index (χ1) is 9.51. The second-order valence-electron chi connectivity index (χ2n) is 4.31. The third-order valence-corrected chi connectivity index (χ3v) is 6.36. The standard InChI is InChI=1S/C14H16BrNO2S2/c1-2-20(17,18)13-6-3-11(4-7-13)16-10-9-12-5-8-14(15)19-12/h3-8,16H,2,9-10H2,1H3. The van der Waals surface area contributed by atoms with E-state index in [1.807, 2.05) is 18.2 Å². The average molecular weight is 374 g/mol. The van der Waals surface area contributed by atoms with Gasteiger partial charge in [0.15, 0.2) is 9.84 Å². The number of nitrogens with one attached hydrogen (secondary N) is 1. The van der Waals surface area contributed by atoms with Gasteiger partial charge in [0.2, 0.25) is 0 Å². The van der Waals surface area contributed by atoms with Crippen LogP contribution in [0.3, 0.4) is 0 Å². The molecule has 20 heavy (non-hydrogen) atoms. The highest BCUT2D eigenvalue weighted by Crippen LogP contribution is 2.22. The maximum absolute atomic E-state index is 11.7. The zero-order valence-electron chi connectivity index (χ0n) is 11.1. The molecular weight excluding hydrogens is 358 g/mol. The van der Waals surface area contributed by atoms with Crippen LogP contribution in [0.25, 0.3) is 0 Å². The molecule has 0 radical (unpaired) electrons. The van der Waals surface area contributed by atoms with E-state index in [0.717, 1.165) is 22.4 Å². The quantitative estimate of drug-likeness (QED) is 0.833. The van der Waals surface area contributed by atoms with Gasteiger partial charge in [0.25, 0.3) is 0 Å². The lowest BCUT2D eigenvalue weighted by Gasteiger charge is -2.07. The van der Waals surface area contributed by atoms with Crippen molar-refractivity contribution in [1.82, 2.24) is 0 Å². The Morgan fingerprint density at radius 1 is 1.15 bits per heavy atom. The second-order valence-corrected chi connectivity index (χ2v) is 9.14. The van der Waals surface area contributed by atoms with E-state index < -0.39 is 9.84 Å². The van der Waals surface area contributed by atoms with Crippen LogP contribution >= 0.6 is 27.3 Å². The normalized spacial score (nSPS) is 11.5. The molecule has 1 aromatic carbocycles. The van der Waals surface area contributed by atoms with Crippen LogP contribution in [-0.4, -0.2) is 20.7 Å². The molecule has 108 valence electrons. The second kappa shape index (κ2) is 6.74. The van der Waals surface area contributed by atoms with Crippen LogP contribution in [0.4, 0.5) is 5.69 Å². The summed E-state index contributed by atoms with van der Waals surface area (Å²) in [6, 6.07) is 11.1. The summed E-state index contributed by atoms with van der Waals surface area (Å²) >= 11 is 5.17. The van der Waals surface area contributed by atoms with Gasteiger partial charge in [-0.05, 0) is 58.7 Å². The van der Waals surface area contributed by atoms with E-state index >= 15 is 0 Å². The van der Waals surface area contributed by atoms with Gasteiger partial charge in [-0.25, -0.2) is 8.42 Å². The summed E-state index contributed by atoms with van der Waals surface area (Å²) in [4.78, 5) is 1.70. The van der Waals surface area contributed by atoms with Gasteiger partial charge in [-0.1, -0.05) is 6.92 Å². The summed E-state index contributed by atoms with van der Waals surface area (Å²) in [6.45, 7) is 2.48. The minimum Gasteiger partial charge on any atom is -0.385 e. The van der Waals surface area contributed by atoms with Crippen LogP contribution in [0.1, 0.15) is 11.8 Å². The molecular formula is C14H16BrNO2S2. The Hall–Kier alpha value is -0.850. The number of halogens is 1. The maximum atomic E-state index is 11.7. The molecule has 2 aromatic rings. The molecule has 0 atom stereocenters. The molecule has 0 fully saturated rings. The maximum Gasteiger partial charge on any atom is 0.178 e. The lowest BCUT2D eigenvalue weighted by Crippen LogP contribution is -2.06. The van der Waals surface area contributed by atoms with E-state index in [1.54, 1.807) is 30.4 Å². The van der Waals surface area contributed by atoms with Crippen molar-refractivity contribution in [1.29, 1.82) is 0 Å². The van der Waals surface area contributed by atoms with Gasteiger partial charge in [-0.3, -0.25) is 0 Å². The topological polar surface area (TPSA) is 46.2 Å². The number of hydrogen-bond donors (Lipinski definition) is 1. The van der Waals surface area contributed by atoms with E-state index in [2.05, 4.69) is 27.3 Å². The third kappa shape index (κ3) is 4.07. The van der Waals surface area contributed by atoms with Crippen molar-refractivity contribution >= 4 is 42.8 Å². The molecule has 0 unspecified atom stereocenters. The van der Waals surface area contributed by atoms with Crippen molar-refractivity contribution in [2.75, 3.05) is 17.6 Å². The van der Waals surface area contributed by atoms with E-state index in [-0.39, 0.29) is 5.75 Å². The molecule has 0 amide bonds. The highest BCUT2D eigenvalue weighted by molar-refractivity contribution is 9.11. The van der Waals surface area contributed by atoms with Crippen molar-refractivity contribution < 1.29 is 8.42 Å². The monoisotopic (exact) mass is 373 g/mol. The van der Waals surface area contributed by atoms with E-state index in [1.165, 1.54) is 4.88 Å². The van der Waals surface area contributed by atoms with Gasteiger partial charge >= 0.3 is 0 Å². The molecule has 0 saturated carbocycles. The number of sulfone groups is 1. The number of thiophene rings is 1.